The summed E-state index contributed by atoms with van der Waals surface area (Å²) in [5.41, 5.74) is 0.796. The molecule has 1 aromatic rings. The summed E-state index contributed by atoms with van der Waals surface area (Å²) in [6, 6.07) is 1.84. The normalized spacial score (nSPS) is 7.60. The van der Waals surface area contributed by atoms with Crippen LogP contribution >= 0.6 is 28.3 Å². The molecule has 0 unspecified atom stereocenters. The van der Waals surface area contributed by atoms with Gasteiger partial charge in [0.15, 0.2) is 0 Å². The molecule has 0 saturated carbocycles. The number of hydrogen-bond acceptors (Lipinski definition) is 1. The molecular weight excluding hydrogens is 213 g/mol. The molecule has 52 valence electrons. The highest BCUT2D eigenvalue weighted by atomic mass is 79.9. The van der Waals surface area contributed by atoms with Crippen LogP contribution in [0.25, 0.3) is 0 Å². The van der Waals surface area contributed by atoms with Crippen molar-refractivity contribution in [2.24, 2.45) is 0 Å². The predicted octanol–water partition coefficient (Wildman–Crippen LogP) is 2.25. The van der Waals surface area contributed by atoms with Gasteiger partial charge in [-0.25, -0.2) is 0 Å². The van der Waals surface area contributed by atoms with E-state index in [-0.39, 0.29) is 12.4 Å². The molecule has 0 aliphatic heterocycles. The zero-order valence-electron chi connectivity index (χ0n) is 5.04. The minimum Gasteiger partial charge on any atom is -0.262 e. The monoisotopic (exact) mass is 217 g/mol. The van der Waals surface area contributed by atoms with Crippen LogP contribution in [0, 0.1) is 12.3 Å². The van der Waals surface area contributed by atoms with Crippen molar-refractivity contribution in [1.82, 2.24) is 4.98 Å². The maximum Gasteiger partial charge on any atom is 0.0437 e. The second-order valence-corrected chi connectivity index (χ2v) is 2.45. The van der Waals surface area contributed by atoms with E-state index in [1.807, 2.05) is 6.07 Å². The Morgan fingerprint density at radius 3 is 2.60 bits per heavy atom. The maximum absolute atomic E-state index is 5.11. The lowest BCUT2D eigenvalue weighted by Gasteiger charge is -1.87. The predicted molar refractivity (Wildman–Crippen MR) is 47.1 cm³/mol. The van der Waals surface area contributed by atoms with E-state index in [1.165, 1.54) is 0 Å². The van der Waals surface area contributed by atoms with Crippen molar-refractivity contribution in [3.05, 3.63) is 28.5 Å². The number of pyridine rings is 1. The van der Waals surface area contributed by atoms with Gasteiger partial charge in [-0.15, -0.1) is 18.8 Å². The van der Waals surface area contributed by atoms with Crippen LogP contribution < -0.4 is 0 Å². The molecule has 1 nitrogen and oxygen atoms in total. The summed E-state index contributed by atoms with van der Waals surface area (Å²) in [7, 11) is 0. The molecule has 0 aromatic carbocycles. The Hall–Kier alpha value is -0.520. The fraction of sp³-hybridized carbons (Fsp3) is 0. The van der Waals surface area contributed by atoms with Crippen LogP contribution in [0.2, 0.25) is 0 Å². The van der Waals surface area contributed by atoms with E-state index in [2.05, 4.69) is 26.8 Å². The van der Waals surface area contributed by atoms with E-state index < -0.39 is 0 Å². The van der Waals surface area contributed by atoms with Crippen LogP contribution in [0.15, 0.2) is 22.9 Å². The number of hydrogen-bond donors (Lipinski definition) is 0. The largest absolute Gasteiger partial charge is 0.262 e. The molecule has 0 atom stereocenters. The molecular formula is C7H5BrClN. The lowest BCUT2D eigenvalue weighted by molar-refractivity contribution is 1.29. The fourth-order valence-electron chi connectivity index (χ4n) is 0.491. The van der Waals surface area contributed by atoms with Gasteiger partial charge in [0.1, 0.15) is 0 Å². The topological polar surface area (TPSA) is 12.9 Å². The quantitative estimate of drug-likeness (QED) is 0.609. The minimum atomic E-state index is 0. The summed E-state index contributed by atoms with van der Waals surface area (Å²) in [5.74, 6) is 2.48. The number of rotatable bonds is 0. The van der Waals surface area contributed by atoms with Crippen molar-refractivity contribution in [1.29, 1.82) is 0 Å². The van der Waals surface area contributed by atoms with Gasteiger partial charge in [-0.1, -0.05) is 5.92 Å². The standard InChI is InChI=1S/C7H4BrN.ClH/c1-2-6-3-7(8)5-9-4-6;/h1,3-5H;1H. The maximum atomic E-state index is 5.11. The second kappa shape index (κ2) is 4.32. The molecule has 1 aromatic heterocycles. The Morgan fingerprint density at radius 2 is 2.20 bits per heavy atom. The SMILES string of the molecule is C#Cc1cncc(Br)c1.Cl. The van der Waals surface area contributed by atoms with E-state index in [0.717, 1.165) is 10.0 Å². The van der Waals surface area contributed by atoms with Crippen molar-refractivity contribution in [2.75, 3.05) is 0 Å². The van der Waals surface area contributed by atoms with E-state index in [1.54, 1.807) is 12.4 Å². The van der Waals surface area contributed by atoms with Crippen LogP contribution in [0.3, 0.4) is 0 Å². The first-order valence-corrected chi connectivity index (χ1v) is 3.19. The zero-order valence-corrected chi connectivity index (χ0v) is 7.45. The molecule has 1 heterocycles. The Labute approximate surface area is 74.4 Å². The average Bonchev–Trinajstić information content (AvgIpc) is 1.88. The summed E-state index contributed by atoms with van der Waals surface area (Å²) in [6.07, 6.45) is 8.45. The van der Waals surface area contributed by atoms with Gasteiger partial charge in [-0.05, 0) is 22.0 Å². The molecule has 0 fully saturated rings. The summed E-state index contributed by atoms with van der Waals surface area (Å²) >= 11 is 3.24. The fourth-order valence-corrected chi connectivity index (χ4v) is 0.856. The first-order chi connectivity index (χ1) is 4.33. The highest BCUT2D eigenvalue weighted by Gasteiger charge is 1.86. The smallest absolute Gasteiger partial charge is 0.0437 e. The zero-order chi connectivity index (χ0) is 6.69. The van der Waals surface area contributed by atoms with Crippen LogP contribution in [0.1, 0.15) is 5.56 Å². The van der Waals surface area contributed by atoms with E-state index in [4.69, 9.17) is 6.42 Å². The van der Waals surface area contributed by atoms with E-state index in [9.17, 15) is 0 Å². The van der Waals surface area contributed by atoms with Gasteiger partial charge < -0.3 is 0 Å². The molecule has 0 saturated heterocycles. The Kier molecular flexibility index (Phi) is 4.10. The minimum absolute atomic E-state index is 0. The molecule has 3 heteroatoms. The van der Waals surface area contributed by atoms with Gasteiger partial charge >= 0.3 is 0 Å². The number of nitrogens with zero attached hydrogens (tertiary/aromatic N) is 1. The molecule has 10 heavy (non-hydrogen) atoms. The number of terminal acetylenes is 1. The van der Waals surface area contributed by atoms with Crippen molar-refractivity contribution in [2.45, 2.75) is 0 Å². The van der Waals surface area contributed by atoms with Gasteiger partial charge in [0, 0.05) is 22.4 Å². The van der Waals surface area contributed by atoms with Gasteiger partial charge in [0.2, 0.25) is 0 Å². The lowest BCUT2D eigenvalue weighted by atomic mass is 10.3. The van der Waals surface area contributed by atoms with Crippen molar-refractivity contribution >= 4 is 28.3 Å². The first-order valence-electron chi connectivity index (χ1n) is 2.40. The van der Waals surface area contributed by atoms with Crippen LogP contribution in [-0.4, -0.2) is 4.98 Å². The Bertz CT molecular complexity index is 254. The molecule has 0 spiro atoms. The second-order valence-electron chi connectivity index (χ2n) is 1.54. The van der Waals surface area contributed by atoms with Gasteiger partial charge in [0.25, 0.3) is 0 Å². The Morgan fingerprint density at radius 1 is 1.50 bits per heavy atom. The van der Waals surface area contributed by atoms with Crippen LogP contribution in [0.5, 0.6) is 0 Å². The summed E-state index contributed by atoms with van der Waals surface area (Å²) < 4.78 is 0.915. The van der Waals surface area contributed by atoms with Crippen molar-refractivity contribution in [3.63, 3.8) is 0 Å². The highest BCUT2D eigenvalue weighted by Crippen LogP contribution is 2.07. The Balaban J connectivity index is 0.000000810. The molecule has 1 rings (SSSR count). The van der Waals surface area contributed by atoms with E-state index >= 15 is 0 Å². The molecule has 0 N–H and O–H groups in total. The first kappa shape index (κ1) is 9.48. The number of aromatic nitrogens is 1. The van der Waals surface area contributed by atoms with Crippen molar-refractivity contribution < 1.29 is 0 Å². The molecule has 0 bridgehead atoms. The molecule has 0 amide bonds. The average molecular weight is 218 g/mol. The van der Waals surface area contributed by atoms with Gasteiger partial charge in [-0.2, -0.15) is 0 Å². The van der Waals surface area contributed by atoms with Crippen LogP contribution in [0.4, 0.5) is 0 Å². The molecule has 0 radical (unpaired) electrons. The van der Waals surface area contributed by atoms with Crippen molar-refractivity contribution in [3.8, 4) is 12.3 Å². The number of halogens is 2. The lowest BCUT2D eigenvalue weighted by Crippen LogP contribution is -1.75. The van der Waals surface area contributed by atoms with Crippen LogP contribution in [-0.2, 0) is 0 Å². The van der Waals surface area contributed by atoms with E-state index in [0.29, 0.717) is 0 Å². The third kappa shape index (κ3) is 2.38. The third-order valence-corrected chi connectivity index (χ3v) is 1.31. The molecule has 0 aliphatic rings. The van der Waals surface area contributed by atoms with Gasteiger partial charge in [0.05, 0.1) is 0 Å². The highest BCUT2D eigenvalue weighted by molar-refractivity contribution is 9.10. The summed E-state index contributed by atoms with van der Waals surface area (Å²) in [4.78, 5) is 3.87. The molecule has 0 aliphatic carbocycles. The summed E-state index contributed by atoms with van der Waals surface area (Å²) in [5, 5.41) is 0. The van der Waals surface area contributed by atoms with Gasteiger partial charge in [-0.3, -0.25) is 4.98 Å². The summed E-state index contributed by atoms with van der Waals surface area (Å²) in [6.45, 7) is 0. The third-order valence-electron chi connectivity index (χ3n) is 0.872.